The van der Waals surface area contributed by atoms with Crippen LogP contribution in [0.5, 0.6) is 0 Å². The fourth-order valence-electron chi connectivity index (χ4n) is 7.21. The highest BCUT2D eigenvalue weighted by atomic mass is 16.5. The summed E-state index contributed by atoms with van der Waals surface area (Å²) in [6, 6.07) is 9.16. The van der Waals surface area contributed by atoms with E-state index in [4.69, 9.17) is 24.2 Å². The Morgan fingerprint density at radius 3 is 2.10 bits per heavy atom. The first-order valence-electron chi connectivity index (χ1n) is 16.0. The fraction of sp³-hybridized carbons (Fsp3) is 0.706. The standard InChI is InChI=1S/C34H50N4O3/c1-22(2)30-8-6-28(25-11-13-40-20-25)32(35-30)18-37-12-10-24(15-37)34-14-26(21-41-34)29-7-9-31(23(3)4)36-33(29)19-38-16-27(17-38)39-5/h6-9,22-27,34H,10-21H2,1-5H3/t24?,25?,26-,34?/m0/s1. The second-order valence-electron chi connectivity index (χ2n) is 13.6. The molecule has 4 fully saturated rings. The zero-order valence-electron chi connectivity index (χ0n) is 25.8. The molecule has 0 saturated carbocycles. The number of pyridine rings is 2. The van der Waals surface area contributed by atoms with Gasteiger partial charge in [-0.25, -0.2) is 0 Å². The van der Waals surface area contributed by atoms with E-state index >= 15 is 0 Å². The van der Waals surface area contributed by atoms with Crippen molar-refractivity contribution in [2.24, 2.45) is 5.92 Å². The minimum Gasteiger partial charge on any atom is -0.381 e. The van der Waals surface area contributed by atoms with Crippen molar-refractivity contribution >= 4 is 0 Å². The van der Waals surface area contributed by atoms with Crippen molar-refractivity contribution in [1.29, 1.82) is 0 Å². The summed E-state index contributed by atoms with van der Waals surface area (Å²) in [6.45, 7) is 17.5. The summed E-state index contributed by atoms with van der Waals surface area (Å²) in [7, 11) is 1.81. The van der Waals surface area contributed by atoms with Gasteiger partial charge in [0, 0.05) is 69.7 Å². The molecule has 4 aliphatic heterocycles. The zero-order valence-corrected chi connectivity index (χ0v) is 25.8. The smallest absolute Gasteiger partial charge is 0.0825 e. The summed E-state index contributed by atoms with van der Waals surface area (Å²) >= 11 is 0. The molecule has 41 heavy (non-hydrogen) atoms. The molecule has 0 N–H and O–H groups in total. The van der Waals surface area contributed by atoms with Gasteiger partial charge in [-0.3, -0.25) is 19.8 Å². The van der Waals surface area contributed by atoms with Crippen LogP contribution in [-0.2, 0) is 27.3 Å². The van der Waals surface area contributed by atoms with Gasteiger partial charge in [0.05, 0.1) is 36.8 Å². The summed E-state index contributed by atoms with van der Waals surface area (Å²) in [5, 5.41) is 0. The average molecular weight is 563 g/mol. The lowest BCUT2D eigenvalue weighted by Crippen LogP contribution is -2.51. The third-order valence-electron chi connectivity index (χ3n) is 9.92. The molecule has 7 nitrogen and oxygen atoms in total. The van der Waals surface area contributed by atoms with Crippen LogP contribution in [0.4, 0.5) is 0 Å². The van der Waals surface area contributed by atoms with Crippen LogP contribution in [0, 0.1) is 5.92 Å². The van der Waals surface area contributed by atoms with E-state index in [0.717, 1.165) is 71.9 Å². The van der Waals surface area contributed by atoms with Crippen LogP contribution in [0.25, 0.3) is 0 Å². The summed E-state index contributed by atoms with van der Waals surface area (Å²) in [5.74, 6) is 2.36. The fourth-order valence-corrected chi connectivity index (χ4v) is 7.21. The lowest BCUT2D eigenvalue weighted by atomic mass is 9.89. The highest BCUT2D eigenvalue weighted by Gasteiger charge is 2.38. The molecule has 4 atom stereocenters. The summed E-state index contributed by atoms with van der Waals surface area (Å²) in [6.07, 6.45) is 4.09. The largest absolute Gasteiger partial charge is 0.381 e. The van der Waals surface area contributed by atoms with Gasteiger partial charge in [0.1, 0.15) is 0 Å². The minimum absolute atomic E-state index is 0.321. The van der Waals surface area contributed by atoms with Crippen molar-refractivity contribution in [3.63, 3.8) is 0 Å². The zero-order chi connectivity index (χ0) is 28.5. The van der Waals surface area contributed by atoms with E-state index in [1.165, 1.54) is 40.3 Å². The van der Waals surface area contributed by atoms with Gasteiger partial charge in [-0.1, -0.05) is 39.8 Å². The minimum atomic E-state index is 0.321. The SMILES string of the molecule is COC1CN(Cc2nc(C(C)C)ccc2[C@@H]2COC(C3CCN(Cc4nc(C(C)C)ccc4C4CCOC4)C3)C2)C1. The molecule has 0 amide bonds. The second kappa shape index (κ2) is 12.8. The highest BCUT2D eigenvalue weighted by molar-refractivity contribution is 5.30. The highest BCUT2D eigenvalue weighted by Crippen LogP contribution is 2.38. The third-order valence-corrected chi connectivity index (χ3v) is 9.92. The van der Waals surface area contributed by atoms with E-state index in [0.29, 0.717) is 41.8 Å². The molecule has 0 aromatic carbocycles. The van der Waals surface area contributed by atoms with Gasteiger partial charge in [-0.05, 0) is 66.8 Å². The maximum absolute atomic E-state index is 6.55. The average Bonchev–Trinajstić information content (AvgIpc) is 3.72. The predicted molar refractivity (Wildman–Crippen MR) is 161 cm³/mol. The number of ether oxygens (including phenoxy) is 3. The first kappa shape index (κ1) is 29.2. The number of methoxy groups -OCH3 is 1. The van der Waals surface area contributed by atoms with Gasteiger partial charge in [0.2, 0.25) is 0 Å². The Morgan fingerprint density at radius 2 is 1.49 bits per heavy atom. The Hall–Kier alpha value is -1.90. The van der Waals surface area contributed by atoms with Gasteiger partial charge >= 0.3 is 0 Å². The van der Waals surface area contributed by atoms with Crippen LogP contribution < -0.4 is 0 Å². The van der Waals surface area contributed by atoms with Gasteiger partial charge in [0.25, 0.3) is 0 Å². The molecule has 2 aromatic heterocycles. The van der Waals surface area contributed by atoms with Crippen LogP contribution in [0.1, 0.15) is 105 Å². The van der Waals surface area contributed by atoms with Crippen molar-refractivity contribution in [3.05, 3.63) is 58.2 Å². The van der Waals surface area contributed by atoms with Crippen LogP contribution in [0.2, 0.25) is 0 Å². The Morgan fingerprint density at radius 1 is 0.829 bits per heavy atom. The van der Waals surface area contributed by atoms with Gasteiger partial charge in [0.15, 0.2) is 0 Å². The number of nitrogens with zero attached hydrogens (tertiary/aromatic N) is 4. The van der Waals surface area contributed by atoms with Gasteiger partial charge < -0.3 is 14.2 Å². The van der Waals surface area contributed by atoms with Gasteiger partial charge in [-0.15, -0.1) is 0 Å². The Kier molecular flexibility index (Phi) is 9.08. The van der Waals surface area contributed by atoms with Crippen LogP contribution in [0.15, 0.2) is 24.3 Å². The van der Waals surface area contributed by atoms with E-state index in [9.17, 15) is 0 Å². The van der Waals surface area contributed by atoms with E-state index in [2.05, 4.69) is 61.8 Å². The molecule has 0 radical (unpaired) electrons. The van der Waals surface area contributed by atoms with Crippen molar-refractivity contribution in [3.8, 4) is 0 Å². The van der Waals surface area contributed by atoms with Crippen molar-refractivity contribution in [2.75, 3.05) is 53.1 Å². The number of hydrogen-bond acceptors (Lipinski definition) is 7. The van der Waals surface area contributed by atoms with Crippen molar-refractivity contribution in [1.82, 2.24) is 19.8 Å². The first-order valence-corrected chi connectivity index (χ1v) is 16.0. The lowest BCUT2D eigenvalue weighted by Gasteiger charge is -2.38. The number of hydrogen-bond donors (Lipinski definition) is 0. The molecule has 7 heteroatoms. The Labute approximate surface area is 247 Å². The van der Waals surface area contributed by atoms with E-state index in [1.54, 1.807) is 0 Å². The van der Waals surface area contributed by atoms with E-state index in [-0.39, 0.29) is 0 Å². The molecule has 2 aromatic rings. The summed E-state index contributed by atoms with van der Waals surface area (Å²) < 4.78 is 17.8. The number of aromatic nitrogens is 2. The van der Waals surface area contributed by atoms with Crippen molar-refractivity contribution < 1.29 is 14.2 Å². The molecule has 4 aliphatic rings. The number of likely N-dealkylation sites (tertiary alicyclic amines) is 2. The normalized spacial score (nSPS) is 27.9. The van der Waals surface area contributed by atoms with Crippen LogP contribution in [-0.4, -0.2) is 85.1 Å². The first-order chi connectivity index (χ1) is 19.9. The molecule has 3 unspecified atom stereocenters. The Balaban J connectivity index is 1.11. The monoisotopic (exact) mass is 562 g/mol. The van der Waals surface area contributed by atoms with Crippen molar-refractivity contribution in [2.45, 2.75) is 95.9 Å². The summed E-state index contributed by atoms with van der Waals surface area (Å²) in [4.78, 5) is 15.4. The molecule has 224 valence electrons. The topological polar surface area (TPSA) is 60.0 Å². The van der Waals surface area contributed by atoms with E-state index < -0.39 is 0 Å². The maximum Gasteiger partial charge on any atom is 0.0825 e. The maximum atomic E-state index is 6.55. The molecule has 6 heterocycles. The quantitative estimate of drug-likeness (QED) is 0.382. The molecular weight excluding hydrogens is 512 g/mol. The van der Waals surface area contributed by atoms with Crippen LogP contribution >= 0.6 is 0 Å². The van der Waals surface area contributed by atoms with E-state index in [1.807, 2.05) is 7.11 Å². The van der Waals surface area contributed by atoms with Gasteiger partial charge in [-0.2, -0.15) is 0 Å². The summed E-state index contributed by atoms with van der Waals surface area (Å²) in [5.41, 5.74) is 7.69. The predicted octanol–water partition coefficient (Wildman–Crippen LogP) is 5.45. The number of rotatable bonds is 10. The molecular formula is C34H50N4O3. The lowest BCUT2D eigenvalue weighted by molar-refractivity contribution is -0.0341. The molecule has 0 aliphatic carbocycles. The molecule has 4 saturated heterocycles. The molecule has 0 spiro atoms. The molecule has 6 rings (SSSR count). The molecule has 0 bridgehead atoms. The van der Waals surface area contributed by atoms with Crippen LogP contribution in [0.3, 0.4) is 0 Å². The Bertz CT molecular complexity index is 1170. The second-order valence-corrected chi connectivity index (χ2v) is 13.6. The third kappa shape index (κ3) is 6.54.